The quantitative estimate of drug-likeness (QED) is 0.416. The summed E-state index contributed by atoms with van der Waals surface area (Å²) in [6.07, 6.45) is 3.27. The average molecular weight is 673 g/mol. The number of carbonyl (C=O) groups is 3. The van der Waals surface area contributed by atoms with Crippen molar-refractivity contribution < 1.29 is 42.1 Å². The number of halogens is 2. The van der Waals surface area contributed by atoms with E-state index >= 15 is 8.78 Å². The highest BCUT2D eigenvalue weighted by Crippen LogP contribution is 2.44. The Labute approximate surface area is 279 Å². The molecule has 1 aliphatic carbocycles. The number of hydrogen-bond donors (Lipinski definition) is 1. The fraction of sp³-hybridized carbons (Fsp3) is 0.686. The largest absolute Gasteiger partial charge is 0.497 e. The smallest absolute Gasteiger partial charge is 0.408 e. The summed E-state index contributed by atoms with van der Waals surface area (Å²) in [5, 5.41) is 2.92. The van der Waals surface area contributed by atoms with Gasteiger partial charge in [0.15, 0.2) is 5.69 Å². The van der Waals surface area contributed by atoms with E-state index in [1.165, 1.54) is 12.0 Å². The molecule has 2 aromatic rings. The number of aldehydes is 1. The van der Waals surface area contributed by atoms with Gasteiger partial charge in [0.2, 0.25) is 11.8 Å². The Bertz CT molecular complexity index is 1540. The molecule has 1 N–H and O–H groups in total. The molecule has 0 radical (unpaired) electrons. The predicted molar refractivity (Wildman–Crippen MR) is 171 cm³/mol. The lowest BCUT2D eigenvalue weighted by Gasteiger charge is -2.42. The summed E-state index contributed by atoms with van der Waals surface area (Å²) in [6.45, 7) is 6.31. The second kappa shape index (κ2) is 13.4. The number of ether oxygens (including phenoxy) is 4. The Hall–Kier alpha value is -3.61. The van der Waals surface area contributed by atoms with Crippen LogP contribution in [0.5, 0.6) is 11.6 Å². The zero-order chi connectivity index (χ0) is 34.3. The van der Waals surface area contributed by atoms with E-state index in [2.05, 4.69) is 15.3 Å². The zero-order valence-electron chi connectivity index (χ0n) is 28.1. The van der Waals surface area contributed by atoms with Gasteiger partial charge in [-0.15, -0.1) is 0 Å². The molecule has 2 amide bonds. The maximum absolute atomic E-state index is 16.1. The number of alkyl halides is 2. The minimum atomic E-state index is -3.37. The number of nitrogens with one attached hydrogen (secondary N) is 1. The van der Waals surface area contributed by atoms with Crippen molar-refractivity contribution in [2.75, 3.05) is 26.9 Å². The molecule has 13 heteroatoms. The molecular weight excluding hydrogens is 626 g/mol. The number of hydrogen-bond acceptors (Lipinski definition) is 9. The van der Waals surface area contributed by atoms with Crippen molar-refractivity contribution in [2.24, 2.45) is 17.3 Å². The van der Waals surface area contributed by atoms with Crippen LogP contribution in [-0.4, -0.2) is 83.8 Å². The van der Waals surface area contributed by atoms with Gasteiger partial charge in [0.25, 0.3) is 5.92 Å². The number of nitrogens with zero attached hydrogens (tertiary/aromatic N) is 3. The Morgan fingerprint density at radius 3 is 2.50 bits per heavy atom. The predicted octanol–water partition coefficient (Wildman–Crippen LogP) is 5.57. The van der Waals surface area contributed by atoms with E-state index in [9.17, 15) is 14.4 Å². The summed E-state index contributed by atoms with van der Waals surface area (Å²) < 4.78 is 55.5. The second-order valence-corrected chi connectivity index (χ2v) is 14.5. The third kappa shape index (κ3) is 6.54. The Morgan fingerprint density at radius 1 is 1.02 bits per heavy atom. The molecule has 1 aromatic heterocycles. The number of benzene rings is 1. The summed E-state index contributed by atoms with van der Waals surface area (Å²) in [6, 6.07) is 2.87. The van der Waals surface area contributed by atoms with Crippen molar-refractivity contribution in [1.29, 1.82) is 0 Å². The van der Waals surface area contributed by atoms with Crippen LogP contribution in [0.25, 0.3) is 11.0 Å². The first-order chi connectivity index (χ1) is 22.9. The van der Waals surface area contributed by atoms with Crippen molar-refractivity contribution in [3.05, 3.63) is 23.9 Å². The van der Waals surface area contributed by atoms with Gasteiger partial charge in [0.05, 0.1) is 30.7 Å². The van der Waals surface area contributed by atoms with Crippen LogP contribution in [0.4, 0.5) is 13.6 Å². The molecule has 48 heavy (non-hydrogen) atoms. The molecule has 2 bridgehead atoms. The highest BCUT2D eigenvalue weighted by atomic mass is 19.3. The fourth-order valence-corrected chi connectivity index (χ4v) is 8.01. The Balaban J connectivity index is 1.42. The maximum Gasteiger partial charge on any atom is 0.408 e. The maximum atomic E-state index is 16.1. The Kier molecular flexibility index (Phi) is 9.54. The van der Waals surface area contributed by atoms with Crippen molar-refractivity contribution >= 4 is 29.3 Å². The molecule has 6 atom stereocenters. The van der Waals surface area contributed by atoms with Gasteiger partial charge in [-0.1, -0.05) is 20.3 Å². The lowest BCUT2D eigenvalue weighted by molar-refractivity contribution is -0.142. The molecule has 3 fully saturated rings. The van der Waals surface area contributed by atoms with Crippen LogP contribution in [0.2, 0.25) is 0 Å². The van der Waals surface area contributed by atoms with Gasteiger partial charge in [-0.2, -0.15) is 8.78 Å². The Morgan fingerprint density at radius 2 is 1.77 bits per heavy atom. The molecule has 6 rings (SSSR count). The number of amides is 2. The number of fused-ring (bicyclic) bond motifs is 5. The van der Waals surface area contributed by atoms with Crippen LogP contribution in [0, 0.1) is 17.3 Å². The molecular formula is C35H46F2N4O7. The van der Waals surface area contributed by atoms with Crippen LogP contribution >= 0.6 is 0 Å². The summed E-state index contributed by atoms with van der Waals surface area (Å²) >= 11 is 0. The van der Waals surface area contributed by atoms with Crippen LogP contribution in [-0.2, 0) is 25.0 Å². The van der Waals surface area contributed by atoms with Crippen molar-refractivity contribution in [1.82, 2.24) is 20.2 Å². The fourth-order valence-electron chi connectivity index (χ4n) is 8.01. The normalized spacial score (nSPS) is 32.5. The number of rotatable bonds is 3. The van der Waals surface area contributed by atoms with E-state index < -0.39 is 65.2 Å². The van der Waals surface area contributed by atoms with Crippen LogP contribution < -0.4 is 14.8 Å². The monoisotopic (exact) mass is 672 g/mol. The van der Waals surface area contributed by atoms with Gasteiger partial charge in [0.1, 0.15) is 29.8 Å². The molecule has 262 valence electrons. The van der Waals surface area contributed by atoms with Crippen LogP contribution in [0.3, 0.4) is 0 Å². The zero-order valence-corrected chi connectivity index (χ0v) is 28.1. The van der Waals surface area contributed by atoms with Gasteiger partial charge in [0, 0.05) is 37.0 Å². The summed E-state index contributed by atoms with van der Waals surface area (Å²) in [5.74, 6) is -4.28. The molecule has 1 saturated carbocycles. The highest BCUT2D eigenvalue weighted by Gasteiger charge is 2.51. The second-order valence-electron chi connectivity index (χ2n) is 14.5. The molecule has 4 heterocycles. The third-order valence-corrected chi connectivity index (χ3v) is 11.3. The van der Waals surface area contributed by atoms with E-state index in [0.717, 1.165) is 12.8 Å². The highest BCUT2D eigenvalue weighted by molar-refractivity contribution is 5.89. The molecule has 2 saturated heterocycles. The van der Waals surface area contributed by atoms with E-state index in [4.69, 9.17) is 18.9 Å². The summed E-state index contributed by atoms with van der Waals surface area (Å²) in [5.41, 5.74) is -1.47. The van der Waals surface area contributed by atoms with Gasteiger partial charge in [-0.3, -0.25) is 4.79 Å². The lowest BCUT2D eigenvalue weighted by Crippen LogP contribution is -2.59. The topological polar surface area (TPSA) is 129 Å². The standard InChI is InChI=1S/C35H46F2N4O7/c1-21-26(20-42)41-19-27(21)47-30-28(38-24-11-10-23(45-4)18-25(24)39-30)35(36,37)13-6-5-8-22-9-7-12-34(22,3)48-32(44)40-29(31(41)43)33(2)14-16-46-17-15-33/h10-11,18,20-22,26-27,29H,5-9,12-17,19H2,1-4H3,(H,40,44)/t21-,22+,26+,27-,29+,34+/m0/s1. The van der Waals surface area contributed by atoms with Crippen molar-refractivity contribution in [2.45, 2.75) is 108 Å². The van der Waals surface area contributed by atoms with Crippen LogP contribution in [0.15, 0.2) is 18.2 Å². The van der Waals surface area contributed by atoms with E-state index in [0.29, 0.717) is 62.9 Å². The number of alkyl carbamates (subject to hydrolysis) is 1. The summed E-state index contributed by atoms with van der Waals surface area (Å²) in [4.78, 5) is 50.9. The van der Waals surface area contributed by atoms with E-state index in [1.807, 2.05) is 13.8 Å². The van der Waals surface area contributed by atoms with Gasteiger partial charge in [-0.25, -0.2) is 14.8 Å². The SMILES string of the molecule is COc1ccc2nc3c(nc2c1)O[C@H]1CN(C(=O)[C@H](C2(C)CCOCC2)NC(=O)O[C@]2(C)CCC[C@H]2CCCCC3(F)F)[C@H](C=O)[C@@H]1C. The first-order valence-electron chi connectivity index (χ1n) is 17.1. The molecule has 4 aliphatic rings. The number of aromatic nitrogens is 2. The average Bonchev–Trinajstić information content (AvgIpc) is 3.58. The minimum absolute atomic E-state index is 0.0162. The summed E-state index contributed by atoms with van der Waals surface area (Å²) in [7, 11) is 1.50. The van der Waals surface area contributed by atoms with E-state index in [-0.39, 0.29) is 30.3 Å². The first-order valence-corrected chi connectivity index (χ1v) is 17.1. The van der Waals surface area contributed by atoms with E-state index in [1.54, 1.807) is 25.1 Å². The molecule has 0 spiro atoms. The first kappa shape index (κ1) is 34.3. The van der Waals surface area contributed by atoms with Crippen molar-refractivity contribution in [3.8, 4) is 11.6 Å². The number of carbonyl (C=O) groups excluding carboxylic acids is 3. The van der Waals surface area contributed by atoms with Gasteiger partial charge >= 0.3 is 6.09 Å². The molecule has 1 aromatic carbocycles. The molecule has 11 nitrogen and oxygen atoms in total. The van der Waals surface area contributed by atoms with Gasteiger partial charge in [-0.05, 0) is 69.9 Å². The lowest BCUT2D eigenvalue weighted by atomic mass is 9.75. The third-order valence-electron chi connectivity index (χ3n) is 11.3. The molecule has 3 aliphatic heterocycles. The van der Waals surface area contributed by atoms with Gasteiger partial charge < -0.3 is 34.0 Å². The van der Waals surface area contributed by atoms with Crippen molar-refractivity contribution in [3.63, 3.8) is 0 Å². The molecule has 0 unspecified atom stereocenters. The minimum Gasteiger partial charge on any atom is -0.497 e. The number of methoxy groups -OCH3 is 1. The van der Waals surface area contributed by atoms with Crippen LogP contribution in [0.1, 0.15) is 84.3 Å².